The van der Waals surface area contributed by atoms with Gasteiger partial charge >= 0.3 is 0 Å². The van der Waals surface area contributed by atoms with Crippen LogP contribution in [0.25, 0.3) is 10.9 Å². The van der Waals surface area contributed by atoms with Crippen LogP contribution in [0.15, 0.2) is 54.7 Å². The number of rotatable bonds is 5. The average molecular weight is 347 g/mol. The molecule has 2 aromatic carbocycles. The highest BCUT2D eigenvalue weighted by molar-refractivity contribution is 6.36. The van der Waals surface area contributed by atoms with Gasteiger partial charge in [0.15, 0.2) is 0 Å². The molecule has 1 amide bonds. The first-order valence-electron chi connectivity index (χ1n) is 7.42. The van der Waals surface area contributed by atoms with E-state index in [0.717, 1.165) is 13.0 Å². The van der Waals surface area contributed by atoms with Gasteiger partial charge in [0.2, 0.25) is 0 Å². The van der Waals surface area contributed by atoms with Crippen LogP contribution in [0, 0.1) is 0 Å². The summed E-state index contributed by atoms with van der Waals surface area (Å²) in [4.78, 5) is 12.1. The molecule has 0 aliphatic rings. The Kier molecular flexibility index (Phi) is 4.89. The average Bonchev–Trinajstić information content (AvgIpc) is 2.94. The van der Waals surface area contributed by atoms with Crippen molar-refractivity contribution in [1.29, 1.82) is 0 Å². The highest BCUT2D eigenvalue weighted by Crippen LogP contribution is 2.20. The molecule has 3 nitrogen and oxygen atoms in total. The molecule has 0 spiro atoms. The molecule has 0 aliphatic heterocycles. The largest absolute Gasteiger partial charge is 0.352 e. The number of amides is 1. The van der Waals surface area contributed by atoms with E-state index in [1.807, 2.05) is 12.1 Å². The van der Waals surface area contributed by atoms with Gasteiger partial charge in [0.05, 0.1) is 10.6 Å². The van der Waals surface area contributed by atoms with E-state index in [1.54, 1.807) is 18.2 Å². The number of hydrogen-bond donors (Lipinski definition) is 1. The summed E-state index contributed by atoms with van der Waals surface area (Å²) in [6.45, 7) is 1.44. The van der Waals surface area contributed by atoms with Crippen molar-refractivity contribution in [3.63, 3.8) is 0 Å². The van der Waals surface area contributed by atoms with Crippen molar-refractivity contribution in [3.8, 4) is 0 Å². The van der Waals surface area contributed by atoms with E-state index >= 15 is 0 Å². The number of aromatic nitrogens is 1. The van der Waals surface area contributed by atoms with Crippen molar-refractivity contribution < 1.29 is 4.79 Å². The number of carbonyl (C=O) groups excluding carboxylic acids is 1. The maximum absolute atomic E-state index is 12.1. The summed E-state index contributed by atoms with van der Waals surface area (Å²) in [5.74, 6) is -0.177. The van der Waals surface area contributed by atoms with Gasteiger partial charge in [0.1, 0.15) is 0 Å². The van der Waals surface area contributed by atoms with Crippen LogP contribution in [0.4, 0.5) is 0 Å². The van der Waals surface area contributed by atoms with Gasteiger partial charge in [-0.15, -0.1) is 0 Å². The smallest absolute Gasteiger partial charge is 0.252 e. The van der Waals surface area contributed by atoms with Crippen LogP contribution in [0.3, 0.4) is 0 Å². The van der Waals surface area contributed by atoms with Crippen LogP contribution >= 0.6 is 23.2 Å². The molecule has 23 heavy (non-hydrogen) atoms. The normalized spacial score (nSPS) is 10.9. The third-order valence-corrected chi connectivity index (χ3v) is 4.27. The maximum Gasteiger partial charge on any atom is 0.252 e. The Bertz CT molecular complexity index is 842. The lowest BCUT2D eigenvalue weighted by molar-refractivity contribution is 0.0953. The summed E-state index contributed by atoms with van der Waals surface area (Å²) in [6, 6.07) is 15.2. The molecule has 0 fully saturated rings. The molecule has 1 aromatic heterocycles. The molecule has 3 aromatic rings. The Morgan fingerprint density at radius 2 is 1.91 bits per heavy atom. The summed E-state index contributed by atoms with van der Waals surface area (Å²) >= 11 is 11.9. The molecule has 0 bridgehead atoms. The second kappa shape index (κ2) is 7.07. The highest BCUT2D eigenvalue weighted by atomic mass is 35.5. The summed E-state index contributed by atoms with van der Waals surface area (Å²) < 4.78 is 2.19. The Balaban J connectivity index is 1.54. The van der Waals surface area contributed by atoms with Gasteiger partial charge in [-0.3, -0.25) is 4.79 Å². The minimum absolute atomic E-state index is 0.177. The lowest BCUT2D eigenvalue weighted by Gasteiger charge is -2.08. The van der Waals surface area contributed by atoms with E-state index in [2.05, 4.69) is 34.3 Å². The quantitative estimate of drug-likeness (QED) is 0.663. The van der Waals surface area contributed by atoms with E-state index in [0.29, 0.717) is 22.2 Å². The SMILES string of the molecule is O=C(NCCCn1ccc2ccccc21)c1ccc(Cl)cc1Cl. The monoisotopic (exact) mass is 346 g/mol. The first kappa shape index (κ1) is 15.9. The van der Waals surface area contributed by atoms with Crippen molar-refractivity contribution in [2.45, 2.75) is 13.0 Å². The van der Waals surface area contributed by atoms with E-state index in [4.69, 9.17) is 23.2 Å². The lowest BCUT2D eigenvalue weighted by Crippen LogP contribution is -2.25. The number of nitrogens with one attached hydrogen (secondary N) is 1. The highest BCUT2D eigenvalue weighted by Gasteiger charge is 2.10. The number of fused-ring (bicyclic) bond motifs is 1. The lowest BCUT2D eigenvalue weighted by atomic mass is 10.2. The summed E-state index contributed by atoms with van der Waals surface area (Å²) in [6.07, 6.45) is 2.91. The van der Waals surface area contributed by atoms with Crippen molar-refractivity contribution >= 4 is 40.0 Å². The minimum atomic E-state index is -0.177. The van der Waals surface area contributed by atoms with Crippen LogP contribution in [0.5, 0.6) is 0 Å². The predicted octanol–water partition coefficient (Wildman–Crippen LogP) is 4.77. The number of hydrogen-bond acceptors (Lipinski definition) is 1. The Morgan fingerprint density at radius 1 is 1.09 bits per heavy atom. The summed E-state index contributed by atoms with van der Waals surface area (Å²) in [7, 11) is 0. The van der Waals surface area contributed by atoms with Crippen molar-refractivity contribution in [2.75, 3.05) is 6.54 Å². The van der Waals surface area contributed by atoms with Crippen LogP contribution < -0.4 is 5.32 Å². The standard InChI is InChI=1S/C18H16Cl2N2O/c19-14-6-7-15(16(20)12-14)18(23)21-9-3-10-22-11-8-13-4-1-2-5-17(13)22/h1-2,4-8,11-12H,3,9-10H2,(H,21,23). The zero-order valence-electron chi connectivity index (χ0n) is 12.4. The fraction of sp³-hybridized carbons (Fsp3) is 0.167. The molecular weight excluding hydrogens is 331 g/mol. The molecule has 1 heterocycles. The zero-order chi connectivity index (χ0) is 16.2. The molecule has 0 atom stereocenters. The number of aryl methyl sites for hydroxylation is 1. The summed E-state index contributed by atoms with van der Waals surface area (Å²) in [5, 5.41) is 5.00. The maximum atomic E-state index is 12.1. The van der Waals surface area contributed by atoms with Crippen LogP contribution in [0.2, 0.25) is 10.0 Å². The van der Waals surface area contributed by atoms with Crippen molar-refractivity contribution in [2.24, 2.45) is 0 Å². The van der Waals surface area contributed by atoms with Crippen molar-refractivity contribution in [1.82, 2.24) is 9.88 Å². The molecular formula is C18H16Cl2N2O. The number of carbonyl (C=O) groups is 1. The molecule has 0 unspecified atom stereocenters. The second-order valence-corrected chi connectivity index (χ2v) is 6.15. The van der Waals surface area contributed by atoms with Gasteiger partial charge < -0.3 is 9.88 Å². The predicted molar refractivity (Wildman–Crippen MR) is 95.4 cm³/mol. The molecule has 0 radical (unpaired) electrons. The zero-order valence-corrected chi connectivity index (χ0v) is 13.9. The molecule has 0 saturated carbocycles. The van der Waals surface area contributed by atoms with Gasteiger partial charge in [0, 0.05) is 29.8 Å². The molecule has 1 N–H and O–H groups in total. The van der Waals surface area contributed by atoms with Gasteiger partial charge in [-0.2, -0.15) is 0 Å². The summed E-state index contributed by atoms with van der Waals surface area (Å²) in [5.41, 5.74) is 1.65. The third kappa shape index (κ3) is 3.69. The number of benzene rings is 2. The molecule has 0 aliphatic carbocycles. The van der Waals surface area contributed by atoms with Crippen LogP contribution in [-0.2, 0) is 6.54 Å². The molecule has 3 rings (SSSR count). The van der Waals surface area contributed by atoms with Gasteiger partial charge in [-0.25, -0.2) is 0 Å². The van der Waals surface area contributed by atoms with Gasteiger partial charge in [-0.1, -0.05) is 41.4 Å². The van der Waals surface area contributed by atoms with E-state index in [9.17, 15) is 4.79 Å². The van der Waals surface area contributed by atoms with E-state index in [-0.39, 0.29) is 5.91 Å². The molecule has 0 saturated heterocycles. The number of para-hydroxylation sites is 1. The Labute approximate surface area is 144 Å². The van der Waals surface area contributed by atoms with Crippen LogP contribution in [-0.4, -0.2) is 17.0 Å². The number of halogens is 2. The topological polar surface area (TPSA) is 34.0 Å². The molecule has 118 valence electrons. The van der Waals surface area contributed by atoms with Crippen molar-refractivity contribution in [3.05, 3.63) is 70.3 Å². The number of nitrogens with zero attached hydrogens (tertiary/aromatic N) is 1. The Morgan fingerprint density at radius 3 is 2.74 bits per heavy atom. The van der Waals surface area contributed by atoms with Gasteiger partial charge in [-0.05, 0) is 42.1 Å². The Hall–Kier alpha value is -1.97. The van der Waals surface area contributed by atoms with E-state index in [1.165, 1.54) is 10.9 Å². The minimum Gasteiger partial charge on any atom is -0.352 e. The first-order valence-corrected chi connectivity index (χ1v) is 8.18. The fourth-order valence-electron chi connectivity index (χ4n) is 2.56. The fourth-order valence-corrected chi connectivity index (χ4v) is 3.05. The van der Waals surface area contributed by atoms with Gasteiger partial charge in [0.25, 0.3) is 5.91 Å². The van der Waals surface area contributed by atoms with Crippen LogP contribution in [0.1, 0.15) is 16.8 Å². The third-order valence-electron chi connectivity index (χ3n) is 3.72. The molecule has 5 heteroatoms. The van der Waals surface area contributed by atoms with E-state index < -0.39 is 0 Å². The second-order valence-electron chi connectivity index (χ2n) is 5.30. The first-order chi connectivity index (χ1) is 11.1.